The zero-order chi connectivity index (χ0) is 18.2. The van der Waals surface area contributed by atoms with Crippen LogP contribution in [-0.4, -0.2) is 11.7 Å². The SMILES string of the molecule is O=C(CCS)Oc1ccc(/C=C\c2ccc(-c3ccccc3)cc2)cc1. The molecule has 26 heavy (non-hydrogen) atoms. The Balaban J connectivity index is 1.63. The Morgan fingerprint density at radius 2 is 1.31 bits per heavy atom. The number of carbonyl (C=O) groups excluding carboxylic acids is 1. The van der Waals surface area contributed by atoms with E-state index in [-0.39, 0.29) is 5.97 Å². The maximum Gasteiger partial charge on any atom is 0.312 e. The van der Waals surface area contributed by atoms with Gasteiger partial charge in [-0.1, -0.05) is 78.9 Å². The van der Waals surface area contributed by atoms with Crippen molar-refractivity contribution in [1.29, 1.82) is 0 Å². The fraction of sp³-hybridized carbons (Fsp3) is 0.0870. The predicted octanol–water partition coefficient (Wildman–Crippen LogP) is 5.75. The molecule has 0 aliphatic rings. The predicted molar refractivity (Wildman–Crippen MR) is 111 cm³/mol. The molecule has 3 rings (SSSR count). The van der Waals surface area contributed by atoms with E-state index in [9.17, 15) is 4.79 Å². The molecule has 3 heteroatoms. The summed E-state index contributed by atoms with van der Waals surface area (Å²) < 4.78 is 5.22. The molecule has 3 aromatic rings. The van der Waals surface area contributed by atoms with Gasteiger partial charge in [0.2, 0.25) is 0 Å². The van der Waals surface area contributed by atoms with Gasteiger partial charge in [0.1, 0.15) is 5.75 Å². The van der Waals surface area contributed by atoms with E-state index in [4.69, 9.17) is 4.74 Å². The summed E-state index contributed by atoms with van der Waals surface area (Å²) in [5, 5.41) is 0. The number of ether oxygens (including phenoxy) is 1. The molecule has 0 aromatic heterocycles. The van der Waals surface area contributed by atoms with Gasteiger partial charge in [0.25, 0.3) is 0 Å². The quantitative estimate of drug-likeness (QED) is 0.262. The average Bonchev–Trinajstić information content (AvgIpc) is 2.69. The minimum atomic E-state index is -0.262. The summed E-state index contributed by atoms with van der Waals surface area (Å²) in [7, 11) is 0. The van der Waals surface area contributed by atoms with Gasteiger partial charge in [0.15, 0.2) is 0 Å². The van der Waals surface area contributed by atoms with E-state index in [0.29, 0.717) is 17.9 Å². The van der Waals surface area contributed by atoms with Crippen molar-refractivity contribution in [3.63, 3.8) is 0 Å². The summed E-state index contributed by atoms with van der Waals surface area (Å²) in [6, 6.07) is 26.2. The molecular weight excluding hydrogens is 340 g/mol. The lowest BCUT2D eigenvalue weighted by atomic mass is 10.0. The van der Waals surface area contributed by atoms with Crippen molar-refractivity contribution in [2.24, 2.45) is 0 Å². The number of carbonyl (C=O) groups is 1. The highest BCUT2D eigenvalue weighted by Gasteiger charge is 2.02. The first-order chi connectivity index (χ1) is 12.7. The first-order valence-electron chi connectivity index (χ1n) is 8.50. The highest BCUT2D eigenvalue weighted by atomic mass is 32.1. The third-order valence-electron chi connectivity index (χ3n) is 3.91. The molecule has 3 aromatic carbocycles. The smallest absolute Gasteiger partial charge is 0.312 e. The second kappa shape index (κ2) is 9.07. The topological polar surface area (TPSA) is 26.3 Å². The lowest BCUT2D eigenvalue weighted by Crippen LogP contribution is -2.07. The molecule has 0 aliphatic heterocycles. The van der Waals surface area contributed by atoms with Crippen LogP contribution in [0.2, 0.25) is 0 Å². The fourth-order valence-electron chi connectivity index (χ4n) is 2.53. The van der Waals surface area contributed by atoms with Crippen molar-refractivity contribution in [1.82, 2.24) is 0 Å². The van der Waals surface area contributed by atoms with Gasteiger partial charge in [-0.2, -0.15) is 12.6 Å². The summed E-state index contributed by atoms with van der Waals surface area (Å²) in [5.41, 5.74) is 4.60. The average molecular weight is 360 g/mol. The second-order valence-electron chi connectivity index (χ2n) is 5.84. The molecule has 0 unspecified atom stereocenters. The molecule has 0 aliphatic carbocycles. The van der Waals surface area contributed by atoms with E-state index in [2.05, 4.69) is 55.1 Å². The first-order valence-corrected chi connectivity index (χ1v) is 9.13. The van der Waals surface area contributed by atoms with Crippen LogP contribution in [0.25, 0.3) is 23.3 Å². The van der Waals surface area contributed by atoms with Gasteiger partial charge >= 0.3 is 5.97 Å². The Hall–Kier alpha value is -2.78. The minimum Gasteiger partial charge on any atom is -0.427 e. The molecule has 0 radical (unpaired) electrons. The maximum absolute atomic E-state index is 11.5. The summed E-state index contributed by atoms with van der Waals surface area (Å²) in [5.74, 6) is 0.783. The lowest BCUT2D eigenvalue weighted by Gasteiger charge is -2.03. The van der Waals surface area contributed by atoms with Crippen molar-refractivity contribution in [2.75, 3.05) is 5.75 Å². The Bertz CT molecular complexity index is 866. The normalized spacial score (nSPS) is 10.8. The van der Waals surface area contributed by atoms with E-state index in [0.717, 1.165) is 11.1 Å². The van der Waals surface area contributed by atoms with E-state index >= 15 is 0 Å². The lowest BCUT2D eigenvalue weighted by molar-refractivity contribution is -0.133. The van der Waals surface area contributed by atoms with Crippen molar-refractivity contribution in [3.05, 3.63) is 90.0 Å². The number of hydrogen-bond acceptors (Lipinski definition) is 3. The van der Waals surface area contributed by atoms with Crippen LogP contribution in [0.3, 0.4) is 0 Å². The van der Waals surface area contributed by atoms with Crippen LogP contribution >= 0.6 is 12.6 Å². The van der Waals surface area contributed by atoms with Crippen LogP contribution in [0.4, 0.5) is 0 Å². The number of esters is 1. The molecule has 0 atom stereocenters. The van der Waals surface area contributed by atoms with Crippen LogP contribution in [0, 0.1) is 0 Å². The van der Waals surface area contributed by atoms with Crippen molar-refractivity contribution < 1.29 is 9.53 Å². The van der Waals surface area contributed by atoms with Gasteiger partial charge in [0.05, 0.1) is 6.42 Å². The first kappa shape index (κ1) is 18.0. The Kier molecular flexibility index (Phi) is 6.29. The number of benzene rings is 3. The largest absolute Gasteiger partial charge is 0.427 e. The van der Waals surface area contributed by atoms with Gasteiger partial charge in [-0.25, -0.2) is 0 Å². The molecule has 0 heterocycles. The number of hydrogen-bond donors (Lipinski definition) is 1. The zero-order valence-electron chi connectivity index (χ0n) is 14.3. The molecule has 0 saturated carbocycles. The molecular formula is C23H20O2S. The molecule has 0 bridgehead atoms. The Morgan fingerprint density at radius 3 is 1.88 bits per heavy atom. The molecule has 0 fully saturated rings. The van der Waals surface area contributed by atoms with Crippen LogP contribution < -0.4 is 4.74 Å². The van der Waals surface area contributed by atoms with Crippen LogP contribution in [0.15, 0.2) is 78.9 Å². The van der Waals surface area contributed by atoms with E-state index < -0.39 is 0 Å². The molecule has 0 N–H and O–H groups in total. The summed E-state index contributed by atoms with van der Waals surface area (Å²) >= 11 is 4.02. The van der Waals surface area contributed by atoms with Gasteiger partial charge in [-0.15, -0.1) is 0 Å². The van der Waals surface area contributed by atoms with Crippen LogP contribution in [-0.2, 0) is 4.79 Å². The fourth-order valence-corrected chi connectivity index (χ4v) is 2.71. The molecule has 0 spiro atoms. The van der Waals surface area contributed by atoms with Crippen LogP contribution in [0.1, 0.15) is 17.5 Å². The maximum atomic E-state index is 11.5. The van der Waals surface area contributed by atoms with E-state index in [1.54, 1.807) is 12.1 Å². The second-order valence-corrected chi connectivity index (χ2v) is 6.29. The van der Waals surface area contributed by atoms with Crippen molar-refractivity contribution in [3.8, 4) is 16.9 Å². The van der Waals surface area contributed by atoms with Gasteiger partial charge in [0, 0.05) is 5.75 Å². The summed E-state index contributed by atoms with van der Waals surface area (Å²) in [4.78, 5) is 11.5. The highest BCUT2D eigenvalue weighted by molar-refractivity contribution is 7.80. The number of rotatable bonds is 6. The molecule has 2 nitrogen and oxygen atoms in total. The Labute approximate surface area is 159 Å². The highest BCUT2D eigenvalue weighted by Crippen LogP contribution is 2.20. The standard InChI is InChI=1S/C23H20O2S/c24-23(16-17-26)25-22-14-10-19(11-15-22)7-6-18-8-12-21(13-9-18)20-4-2-1-3-5-20/h1-15,26H,16-17H2/b7-6-. The Morgan fingerprint density at radius 1 is 0.769 bits per heavy atom. The summed E-state index contributed by atoms with van der Waals surface area (Å²) in [6.07, 6.45) is 4.41. The third kappa shape index (κ3) is 5.11. The molecule has 0 amide bonds. The third-order valence-corrected chi connectivity index (χ3v) is 4.14. The molecule has 0 saturated heterocycles. The van der Waals surface area contributed by atoms with Gasteiger partial charge in [-0.3, -0.25) is 4.79 Å². The zero-order valence-corrected chi connectivity index (χ0v) is 15.2. The van der Waals surface area contributed by atoms with Gasteiger partial charge < -0.3 is 4.74 Å². The van der Waals surface area contributed by atoms with E-state index in [1.165, 1.54) is 11.1 Å². The van der Waals surface area contributed by atoms with Crippen molar-refractivity contribution >= 4 is 30.8 Å². The molecule has 130 valence electrons. The number of thiol groups is 1. The summed E-state index contributed by atoms with van der Waals surface area (Å²) in [6.45, 7) is 0. The van der Waals surface area contributed by atoms with E-state index in [1.807, 2.05) is 36.4 Å². The minimum absolute atomic E-state index is 0.262. The van der Waals surface area contributed by atoms with Crippen LogP contribution in [0.5, 0.6) is 5.75 Å². The van der Waals surface area contributed by atoms with Crippen molar-refractivity contribution in [2.45, 2.75) is 6.42 Å². The van der Waals surface area contributed by atoms with Gasteiger partial charge in [-0.05, 0) is 34.4 Å². The monoisotopic (exact) mass is 360 g/mol.